The van der Waals surface area contributed by atoms with Gasteiger partial charge in [0.15, 0.2) is 0 Å². The molecule has 0 aliphatic heterocycles. The average molecular weight is 369 g/mol. The van der Waals surface area contributed by atoms with Gasteiger partial charge in [0.05, 0.1) is 34.5 Å². The molecule has 1 aliphatic carbocycles. The molecule has 0 spiro atoms. The molecule has 1 unspecified atom stereocenters. The maximum absolute atomic E-state index is 12.7. The minimum Gasteiger partial charge on any atom is -0.463 e. The Kier molecular flexibility index (Phi) is 5.86. The van der Waals surface area contributed by atoms with Crippen molar-refractivity contribution >= 4 is 33.3 Å². The lowest BCUT2D eigenvalue weighted by Gasteiger charge is -2.24. The van der Waals surface area contributed by atoms with E-state index >= 15 is 0 Å². The Hall–Kier alpha value is -2.04. The Balaban J connectivity index is 2.29. The van der Waals surface area contributed by atoms with Crippen LogP contribution in [0.5, 0.6) is 0 Å². The maximum Gasteiger partial charge on any atom is 0.335 e. The Morgan fingerprint density at radius 1 is 1.50 bits per heavy atom. The van der Waals surface area contributed by atoms with Crippen LogP contribution in [0.4, 0.5) is 5.69 Å². The van der Waals surface area contributed by atoms with Crippen molar-refractivity contribution in [2.75, 3.05) is 11.3 Å². The average Bonchev–Trinajstić information content (AvgIpc) is 2.56. The van der Waals surface area contributed by atoms with Crippen LogP contribution in [-0.2, 0) is 19.6 Å². The van der Waals surface area contributed by atoms with Gasteiger partial charge in [0.25, 0.3) is 0 Å². The Bertz CT molecular complexity index is 812. The minimum absolute atomic E-state index is 0.120. The normalized spacial score (nSPS) is 17.5. The number of hydrogen-bond donors (Lipinski definition) is 1. The molecule has 24 heavy (non-hydrogen) atoms. The molecule has 1 atom stereocenters. The van der Waals surface area contributed by atoms with E-state index in [0.29, 0.717) is 24.8 Å². The van der Waals surface area contributed by atoms with Crippen molar-refractivity contribution in [3.8, 4) is 6.07 Å². The maximum atomic E-state index is 12.7. The predicted octanol–water partition coefficient (Wildman–Crippen LogP) is 3.00. The number of rotatable bonds is 5. The van der Waals surface area contributed by atoms with Gasteiger partial charge in [0, 0.05) is 0 Å². The van der Waals surface area contributed by atoms with Crippen LogP contribution in [0.2, 0.25) is 5.02 Å². The fraction of sp³-hybridized carbons (Fsp3) is 0.375. The summed E-state index contributed by atoms with van der Waals surface area (Å²) in [6.07, 6.45) is 3.24. The van der Waals surface area contributed by atoms with E-state index in [4.69, 9.17) is 21.6 Å². The monoisotopic (exact) mass is 368 g/mol. The molecule has 6 nitrogen and oxygen atoms in total. The summed E-state index contributed by atoms with van der Waals surface area (Å²) in [7, 11) is -3.88. The molecule has 1 N–H and O–H groups in total. The number of anilines is 1. The molecule has 1 aliphatic rings. The van der Waals surface area contributed by atoms with Crippen molar-refractivity contribution in [3.63, 3.8) is 0 Å². The van der Waals surface area contributed by atoms with Crippen LogP contribution in [0.3, 0.4) is 0 Å². The van der Waals surface area contributed by atoms with Gasteiger partial charge in [-0.1, -0.05) is 17.7 Å². The lowest BCUT2D eigenvalue weighted by atomic mass is 9.99. The summed E-state index contributed by atoms with van der Waals surface area (Å²) in [5.41, 5.74) is 0.650. The molecule has 0 amide bonds. The number of carbonyl (C=O) groups excluding carboxylic acids is 1. The van der Waals surface area contributed by atoms with E-state index in [0.717, 1.165) is 0 Å². The lowest BCUT2D eigenvalue weighted by molar-refractivity contribution is -0.138. The van der Waals surface area contributed by atoms with Gasteiger partial charge >= 0.3 is 5.97 Å². The number of benzene rings is 1. The molecule has 1 aromatic carbocycles. The Labute approximate surface area is 146 Å². The number of nitrogens with zero attached hydrogens (tertiary/aromatic N) is 1. The van der Waals surface area contributed by atoms with Crippen molar-refractivity contribution in [3.05, 3.63) is 40.4 Å². The van der Waals surface area contributed by atoms with Crippen LogP contribution in [0.1, 0.15) is 31.7 Å². The smallest absolute Gasteiger partial charge is 0.335 e. The number of hydrogen-bond acceptors (Lipinski definition) is 5. The first-order valence-corrected chi connectivity index (χ1v) is 9.40. The van der Waals surface area contributed by atoms with E-state index < -0.39 is 21.2 Å². The summed E-state index contributed by atoms with van der Waals surface area (Å²) in [6, 6.07) is 6.19. The van der Waals surface area contributed by atoms with Gasteiger partial charge in [-0.05, 0) is 44.4 Å². The number of halogens is 1. The summed E-state index contributed by atoms with van der Waals surface area (Å²) in [4.78, 5) is 12.0. The summed E-state index contributed by atoms with van der Waals surface area (Å²) >= 11 is 6.02. The van der Waals surface area contributed by atoms with E-state index in [-0.39, 0.29) is 22.9 Å². The largest absolute Gasteiger partial charge is 0.463 e. The number of carbonyl (C=O) groups is 1. The zero-order chi connectivity index (χ0) is 17.7. The molecule has 2 rings (SSSR count). The van der Waals surface area contributed by atoms with Crippen LogP contribution in [-0.4, -0.2) is 26.2 Å². The number of ether oxygens (including phenoxy) is 1. The summed E-state index contributed by atoms with van der Waals surface area (Å²) in [6.45, 7) is 1.84. The highest BCUT2D eigenvalue weighted by Gasteiger charge is 2.35. The SMILES string of the molecule is CCOC(=O)C1=CCCCC1S(=O)(=O)Nc1ccc(C#N)cc1Cl. The van der Waals surface area contributed by atoms with Crippen LogP contribution >= 0.6 is 11.6 Å². The highest BCUT2D eigenvalue weighted by molar-refractivity contribution is 7.93. The number of nitriles is 1. The number of nitrogens with one attached hydrogen (secondary N) is 1. The van der Waals surface area contributed by atoms with Crippen molar-refractivity contribution in [1.82, 2.24) is 0 Å². The Morgan fingerprint density at radius 2 is 2.25 bits per heavy atom. The molecular weight excluding hydrogens is 352 g/mol. The highest BCUT2D eigenvalue weighted by atomic mass is 35.5. The first kappa shape index (κ1) is 18.3. The van der Waals surface area contributed by atoms with Gasteiger partial charge in [-0.2, -0.15) is 5.26 Å². The van der Waals surface area contributed by atoms with E-state index in [2.05, 4.69) is 4.72 Å². The van der Waals surface area contributed by atoms with Gasteiger partial charge < -0.3 is 4.74 Å². The molecular formula is C16H17ClN2O4S. The number of sulfonamides is 1. The third kappa shape index (κ3) is 4.08. The third-order valence-electron chi connectivity index (χ3n) is 3.62. The van der Waals surface area contributed by atoms with Gasteiger partial charge in [-0.25, -0.2) is 13.2 Å². The van der Waals surface area contributed by atoms with Crippen molar-refractivity contribution in [1.29, 1.82) is 5.26 Å². The fourth-order valence-corrected chi connectivity index (χ4v) is 4.41. The molecule has 1 aromatic rings. The first-order chi connectivity index (χ1) is 11.4. The number of esters is 1. The molecule has 0 bridgehead atoms. The van der Waals surface area contributed by atoms with Crippen LogP contribution < -0.4 is 4.72 Å². The molecule has 0 saturated carbocycles. The van der Waals surface area contributed by atoms with E-state index in [1.54, 1.807) is 13.0 Å². The molecule has 8 heteroatoms. The molecule has 128 valence electrons. The molecule has 0 aromatic heterocycles. The highest BCUT2D eigenvalue weighted by Crippen LogP contribution is 2.30. The Morgan fingerprint density at radius 3 is 2.88 bits per heavy atom. The summed E-state index contributed by atoms with van der Waals surface area (Å²) in [5, 5.41) is 7.96. The standard InChI is InChI=1S/C16H17ClN2O4S/c1-2-23-16(20)12-5-3-4-6-15(12)24(21,22)19-14-8-7-11(10-18)9-13(14)17/h5,7-9,15,19H,2-4,6H2,1H3. The van der Waals surface area contributed by atoms with E-state index in [1.165, 1.54) is 18.2 Å². The molecule has 0 heterocycles. The van der Waals surface area contributed by atoms with Crippen LogP contribution in [0.15, 0.2) is 29.8 Å². The quantitative estimate of drug-likeness (QED) is 0.806. The molecule has 0 radical (unpaired) electrons. The summed E-state index contributed by atoms with van der Waals surface area (Å²) in [5.74, 6) is -0.612. The van der Waals surface area contributed by atoms with Crippen LogP contribution in [0.25, 0.3) is 0 Å². The second-order valence-corrected chi connectivity index (χ2v) is 7.52. The van der Waals surface area contributed by atoms with Gasteiger partial charge in [-0.15, -0.1) is 0 Å². The van der Waals surface area contributed by atoms with E-state index in [9.17, 15) is 13.2 Å². The minimum atomic E-state index is -3.88. The topological polar surface area (TPSA) is 96.3 Å². The zero-order valence-electron chi connectivity index (χ0n) is 13.1. The lowest BCUT2D eigenvalue weighted by Crippen LogP contribution is -2.34. The zero-order valence-corrected chi connectivity index (χ0v) is 14.7. The van der Waals surface area contributed by atoms with E-state index in [1.807, 2.05) is 6.07 Å². The van der Waals surface area contributed by atoms with Crippen molar-refractivity contribution in [2.45, 2.75) is 31.4 Å². The fourth-order valence-electron chi connectivity index (χ4n) is 2.49. The predicted molar refractivity (Wildman–Crippen MR) is 91.1 cm³/mol. The summed E-state index contributed by atoms with van der Waals surface area (Å²) < 4.78 is 32.8. The third-order valence-corrected chi connectivity index (χ3v) is 5.67. The van der Waals surface area contributed by atoms with Gasteiger partial charge in [-0.3, -0.25) is 4.72 Å². The van der Waals surface area contributed by atoms with Gasteiger partial charge in [0.1, 0.15) is 5.25 Å². The first-order valence-electron chi connectivity index (χ1n) is 7.47. The second-order valence-electron chi connectivity index (χ2n) is 5.25. The molecule has 0 saturated heterocycles. The second kappa shape index (κ2) is 7.69. The number of allylic oxidation sites excluding steroid dienone is 1. The van der Waals surface area contributed by atoms with Crippen molar-refractivity contribution < 1.29 is 17.9 Å². The van der Waals surface area contributed by atoms with Gasteiger partial charge in [0.2, 0.25) is 10.0 Å². The van der Waals surface area contributed by atoms with Crippen molar-refractivity contribution in [2.24, 2.45) is 0 Å². The molecule has 0 fully saturated rings. The van der Waals surface area contributed by atoms with Crippen LogP contribution in [0, 0.1) is 11.3 Å².